The van der Waals surface area contributed by atoms with Crippen LogP contribution in [0.4, 0.5) is 5.69 Å². The first kappa shape index (κ1) is 26.1. The number of anilines is 1. The molecule has 3 aromatic rings. The lowest BCUT2D eigenvalue weighted by molar-refractivity contribution is -0.118. The average molecular weight is 492 g/mol. The third-order valence-electron chi connectivity index (χ3n) is 4.99. The van der Waals surface area contributed by atoms with E-state index in [4.69, 9.17) is 18.9 Å². The lowest BCUT2D eigenvalue weighted by atomic mass is 10.2. The van der Waals surface area contributed by atoms with Crippen molar-refractivity contribution in [2.45, 2.75) is 13.8 Å². The number of hydrazone groups is 1. The Morgan fingerprint density at radius 1 is 0.861 bits per heavy atom. The van der Waals surface area contributed by atoms with Gasteiger partial charge >= 0.3 is 0 Å². The highest BCUT2D eigenvalue weighted by atomic mass is 16.5. The first-order valence-corrected chi connectivity index (χ1v) is 11.2. The zero-order valence-corrected chi connectivity index (χ0v) is 20.7. The van der Waals surface area contributed by atoms with E-state index in [0.29, 0.717) is 46.4 Å². The summed E-state index contributed by atoms with van der Waals surface area (Å²) < 4.78 is 21.7. The van der Waals surface area contributed by atoms with Crippen LogP contribution in [0.5, 0.6) is 23.0 Å². The average Bonchev–Trinajstić information content (AvgIpc) is 2.89. The van der Waals surface area contributed by atoms with Gasteiger partial charge in [-0.05, 0) is 67.9 Å². The van der Waals surface area contributed by atoms with Crippen molar-refractivity contribution in [1.29, 1.82) is 0 Å². The molecule has 0 bridgehead atoms. The number of hydrogen-bond donors (Lipinski definition) is 2. The van der Waals surface area contributed by atoms with Crippen LogP contribution in [0.2, 0.25) is 0 Å². The number of nitrogens with zero attached hydrogens (tertiary/aromatic N) is 1. The molecule has 0 saturated carbocycles. The third kappa shape index (κ3) is 7.23. The molecule has 0 aromatic heterocycles. The molecule has 0 aliphatic rings. The number of carbonyl (C=O) groups is 2. The maximum absolute atomic E-state index is 12.5. The van der Waals surface area contributed by atoms with Crippen molar-refractivity contribution in [3.63, 3.8) is 0 Å². The van der Waals surface area contributed by atoms with Crippen LogP contribution in [0.15, 0.2) is 65.8 Å². The number of carbonyl (C=O) groups excluding carboxylic acids is 2. The van der Waals surface area contributed by atoms with Crippen molar-refractivity contribution < 1.29 is 28.5 Å². The molecule has 0 atom stereocenters. The van der Waals surface area contributed by atoms with Gasteiger partial charge in [0.1, 0.15) is 0 Å². The Balaban J connectivity index is 1.58. The summed E-state index contributed by atoms with van der Waals surface area (Å²) in [6.07, 6.45) is 1.47. The van der Waals surface area contributed by atoms with E-state index in [0.717, 1.165) is 5.56 Å². The fourth-order valence-electron chi connectivity index (χ4n) is 3.18. The van der Waals surface area contributed by atoms with Gasteiger partial charge < -0.3 is 24.3 Å². The molecule has 2 N–H and O–H groups in total. The van der Waals surface area contributed by atoms with Crippen molar-refractivity contribution >= 4 is 23.7 Å². The van der Waals surface area contributed by atoms with Gasteiger partial charge in [0.2, 0.25) is 0 Å². The molecule has 0 spiro atoms. The number of benzene rings is 3. The van der Waals surface area contributed by atoms with E-state index in [1.54, 1.807) is 36.4 Å². The fourth-order valence-corrected chi connectivity index (χ4v) is 3.18. The predicted octanol–water partition coefficient (Wildman–Crippen LogP) is 4.19. The van der Waals surface area contributed by atoms with Crippen molar-refractivity contribution in [1.82, 2.24) is 5.43 Å². The van der Waals surface area contributed by atoms with Crippen LogP contribution in [0.3, 0.4) is 0 Å². The Hall–Kier alpha value is -4.53. The van der Waals surface area contributed by atoms with Gasteiger partial charge in [0.05, 0.1) is 27.0 Å². The number of rotatable bonds is 11. The van der Waals surface area contributed by atoms with Crippen molar-refractivity contribution in [3.05, 3.63) is 77.4 Å². The van der Waals surface area contributed by atoms with E-state index >= 15 is 0 Å². The van der Waals surface area contributed by atoms with Crippen LogP contribution in [0.25, 0.3) is 0 Å². The molecule has 0 heterocycles. The van der Waals surface area contributed by atoms with Gasteiger partial charge in [0.15, 0.2) is 29.6 Å². The summed E-state index contributed by atoms with van der Waals surface area (Å²) in [4.78, 5) is 24.7. The molecule has 0 fully saturated rings. The highest BCUT2D eigenvalue weighted by Crippen LogP contribution is 2.29. The first-order valence-electron chi connectivity index (χ1n) is 11.2. The predicted molar refractivity (Wildman–Crippen MR) is 138 cm³/mol. The molecule has 9 nitrogen and oxygen atoms in total. The highest BCUT2D eigenvalue weighted by molar-refractivity contribution is 5.95. The fraction of sp³-hybridized carbons (Fsp3) is 0.222. The number of aryl methyl sites for hydroxylation is 1. The molecular formula is C27H29N3O6. The zero-order chi connectivity index (χ0) is 25.9. The Morgan fingerprint density at radius 3 is 2.28 bits per heavy atom. The monoisotopic (exact) mass is 491 g/mol. The smallest absolute Gasteiger partial charge is 0.271 e. The summed E-state index contributed by atoms with van der Waals surface area (Å²) in [6.45, 7) is 4.09. The molecular weight excluding hydrogens is 462 g/mol. The second-order valence-electron chi connectivity index (χ2n) is 7.61. The Kier molecular flexibility index (Phi) is 9.27. The maximum atomic E-state index is 12.5. The quantitative estimate of drug-likeness (QED) is 0.308. The van der Waals surface area contributed by atoms with E-state index in [-0.39, 0.29) is 12.5 Å². The normalized spacial score (nSPS) is 10.6. The highest BCUT2D eigenvalue weighted by Gasteiger charge is 2.11. The van der Waals surface area contributed by atoms with Gasteiger partial charge in [-0.1, -0.05) is 17.7 Å². The van der Waals surface area contributed by atoms with Gasteiger partial charge in [-0.25, -0.2) is 5.43 Å². The van der Waals surface area contributed by atoms with E-state index < -0.39 is 5.91 Å². The van der Waals surface area contributed by atoms with Gasteiger partial charge in [0.25, 0.3) is 11.8 Å². The van der Waals surface area contributed by atoms with Gasteiger partial charge in [-0.15, -0.1) is 0 Å². The Bertz CT molecular complexity index is 1220. The van der Waals surface area contributed by atoms with E-state index in [1.807, 2.05) is 38.1 Å². The number of nitrogens with one attached hydrogen (secondary N) is 2. The second-order valence-corrected chi connectivity index (χ2v) is 7.61. The molecule has 0 radical (unpaired) electrons. The standard InChI is InChI=1S/C27H29N3O6/c1-5-35-25-15-20(9-13-22(25)33-3)27(32)30-28-16-19-8-12-23(24(14-19)34-4)36-17-26(31)29-21-10-6-18(2)7-11-21/h6-16H,5,17H2,1-4H3,(H,29,31)(H,30,32)/b28-16+. The molecule has 2 amide bonds. The molecule has 188 valence electrons. The van der Waals surface area contributed by atoms with Crippen LogP contribution in [-0.2, 0) is 4.79 Å². The van der Waals surface area contributed by atoms with Crippen molar-refractivity contribution in [2.75, 3.05) is 32.8 Å². The zero-order valence-electron chi connectivity index (χ0n) is 20.7. The molecule has 3 aromatic carbocycles. The molecule has 0 saturated heterocycles. The minimum atomic E-state index is -0.402. The molecule has 36 heavy (non-hydrogen) atoms. The number of methoxy groups -OCH3 is 2. The maximum Gasteiger partial charge on any atom is 0.271 e. The summed E-state index contributed by atoms with van der Waals surface area (Å²) in [6, 6.07) is 17.4. The number of amides is 2. The summed E-state index contributed by atoms with van der Waals surface area (Å²) in [5.41, 5.74) is 5.32. The van der Waals surface area contributed by atoms with Crippen LogP contribution < -0.4 is 29.7 Å². The Morgan fingerprint density at radius 2 is 1.58 bits per heavy atom. The molecule has 3 rings (SSSR count). The summed E-state index contributed by atoms with van der Waals surface area (Å²) in [7, 11) is 3.03. The van der Waals surface area contributed by atoms with Crippen LogP contribution >= 0.6 is 0 Å². The largest absolute Gasteiger partial charge is 0.493 e. The number of hydrogen-bond acceptors (Lipinski definition) is 7. The second kappa shape index (κ2) is 12.8. The van der Waals surface area contributed by atoms with Gasteiger partial charge in [0, 0.05) is 11.3 Å². The van der Waals surface area contributed by atoms with E-state index in [1.165, 1.54) is 20.4 Å². The SMILES string of the molecule is CCOc1cc(C(=O)N/N=C/c2ccc(OCC(=O)Nc3ccc(C)cc3)c(OC)c2)ccc1OC. The van der Waals surface area contributed by atoms with Crippen LogP contribution in [0, 0.1) is 6.92 Å². The third-order valence-corrected chi connectivity index (χ3v) is 4.99. The van der Waals surface area contributed by atoms with Gasteiger partial charge in [-0.3, -0.25) is 9.59 Å². The van der Waals surface area contributed by atoms with Crippen molar-refractivity contribution in [3.8, 4) is 23.0 Å². The Labute approximate surface area is 210 Å². The lowest BCUT2D eigenvalue weighted by Gasteiger charge is -2.11. The minimum absolute atomic E-state index is 0.181. The van der Waals surface area contributed by atoms with E-state index in [9.17, 15) is 9.59 Å². The minimum Gasteiger partial charge on any atom is -0.493 e. The molecule has 0 aliphatic heterocycles. The first-order chi connectivity index (χ1) is 17.4. The molecule has 0 aliphatic carbocycles. The number of ether oxygens (including phenoxy) is 4. The van der Waals surface area contributed by atoms with E-state index in [2.05, 4.69) is 15.8 Å². The summed E-state index contributed by atoms with van der Waals surface area (Å²) in [5, 5.41) is 6.79. The van der Waals surface area contributed by atoms with Crippen LogP contribution in [-0.4, -0.2) is 45.5 Å². The van der Waals surface area contributed by atoms with Crippen molar-refractivity contribution in [2.24, 2.45) is 5.10 Å². The molecule has 0 unspecified atom stereocenters. The van der Waals surface area contributed by atoms with Crippen LogP contribution in [0.1, 0.15) is 28.4 Å². The summed E-state index contributed by atoms with van der Waals surface area (Å²) in [5.74, 6) is 1.15. The van der Waals surface area contributed by atoms with Gasteiger partial charge in [-0.2, -0.15) is 5.10 Å². The lowest BCUT2D eigenvalue weighted by Crippen LogP contribution is -2.20. The summed E-state index contributed by atoms with van der Waals surface area (Å²) >= 11 is 0. The molecule has 9 heteroatoms. The topological polar surface area (TPSA) is 107 Å².